The van der Waals surface area contributed by atoms with Crippen LogP contribution < -0.4 is 15.5 Å². The van der Waals surface area contributed by atoms with Crippen LogP contribution in [0.15, 0.2) is 52.0 Å². The molecule has 0 aliphatic rings. The monoisotopic (exact) mass is 421 g/mol. The van der Waals surface area contributed by atoms with Crippen LogP contribution in [0.3, 0.4) is 0 Å². The second-order valence-corrected chi connectivity index (χ2v) is 6.15. The van der Waals surface area contributed by atoms with Crippen molar-refractivity contribution in [2.45, 2.75) is 12.8 Å². The van der Waals surface area contributed by atoms with E-state index < -0.39 is 5.91 Å². The summed E-state index contributed by atoms with van der Waals surface area (Å²) >= 11 is 3.35. The highest BCUT2D eigenvalue weighted by Crippen LogP contribution is 2.21. The second-order valence-electron chi connectivity index (χ2n) is 5.23. The Kier molecular flexibility index (Phi) is 7.28. The molecule has 0 unspecified atom stereocenters. The Morgan fingerprint density at radius 1 is 1.15 bits per heavy atom. The number of anilines is 1. The van der Waals surface area contributed by atoms with Crippen LogP contribution in [-0.4, -0.2) is 25.1 Å². The molecular weight excluding hydrogens is 405 g/mol. The molecule has 2 N–H and O–H groups in total. The number of carbonyl (C=O) groups excluding carboxylic acids is 2. The lowest BCUT2D eigenvalue weighted by molar-refractivity contribution is -0.124. The summed E-state index contributed by atoms with van der Waals surface area (Å²) in [6.45, 7) is 0. The molecule has 0 heterocycles. The van der Waals surface area contributed by atoms with Crippen LogP contribution in [0.2, 0.25) is 0 Å². The largest absolute Gasteiger partial charge is 0.496 e. The number of hydrogen-bond donors (Lipinski definition) is 2. The summed E-state index contributed by atoms with van der Waals surface area (Å²) in [6.07, 6.45) is 1.42. The summed E-state index contributed by atoms with van der Waals surface area (Å²) in [5, 5.41) is 6.45. The molecule has 2 amide bonds. The van der Waals surface area contributed by atoms with E-state index in [0.29, 0.717) is 17.0 Å². The van der Waals surface area contributed by atoms with Crippen molar-refractivity contribution >= 4 is 39.6 Å². The molecule has 136 valence electrons. The summed E-state index contributed by atoms with van der Waals surface area (Å²) in [7, 11) is 1.54. The number of halogens is 2. The zero-order valence-electron chi connectivity index (χ0n) is 14.0. The van der Waals surface area contributed by atoms with Crippen LogP contribution in [0, 0.1) is 5.82 Å². The van der Waals surface area contributed by atoms with Gasteiger partial charge in [-0.15, -0.1) is 0 Å². The Bertz CT molecular complexity index is 810. The van der Waals surface area contributed by atoms with Gasteiger partial charge in [-0.2, -0.15) is 5.10 Å². The van der Waals surface area contributed by atoms with Gasteiger partial charge >= 0.3 is 0 Å². The molecule has 0 radical (unpaired) electrons. The van der Waals surface area contributed by atoms with Crippen molar-refractivity contribution in [2.75, 3.05) is 12.4 Å². The van der Waals surface area contributed by atoms with E-state index in [9.17, 15) is 14.0 Å². The molecule has 26 heavy (non-hydrogen) atoms. The molecule has 2 aromatic carbocycles. The predicted octanol–water partition coefficient (Wildman–Crippen LogP) is 3.47. The number of nitrogens with one attached hydrogen (secondary N) is 2. The van der Waals surface area contributed by atoms with Crippen LogP contribution in [0.4, 0.5) is 10.1 Å². The van der Waals surface area contributed by atoms with Gasteiger partial charge in [0.25, 0.3) is 0 Å². The van der Waals surface area contributed by atoms with E-state index in [-0.39, 0.29) is 24.6 Å². The van der Waals surface area contributed by atoms with E-state index in [2.05, 4.69) is 31.8 Å². The summed E-state index contributed by atoms with van der Waals surface area (Å²) in [5.41, 5.74) is 3.52. The molecule has 0 saturated carbocycles. The van der Waals surface area contributed by atoms with Gasteiger partial charge in [-0.05, 0) is 42.5 Å². The number of carbonyl (C=O) groups is 2. The van der Waals surface area contributed by atoms with Gasteiger partial charge in [-0.25, -0.2) is 9.82 Å². The van der Waals surface area contributed by atoms with E-state index in [0.717, 1.165) is 4.47 Å². The Hall–Kier alpha value is -2.74. The number of hydrogen-bond acceptors (Lipinski definition) is 4. The molecule has 0 bridgehead atoms. The molecule has 8 heteroatoms. The smallest absolute Gasteiger partial charge is 0.240 e. The fourth-order valence-corrected chi connectivity index (χ4v) is 2.40. The normalized spacial score (nSPS) is 10.6. The summed E-state index contributed by atoms with van der Waals surface area (Å²) in [4.78, 5) is 23.5. The third-order valence-corrected chi connectivity index (χ3v) is 3.78. The van der Waals surface area contributed by atoms with Crippen molar-refractivity contribution in [3.8, 4) is 5.75 Å². The molecule has 2 rings (SSSR count). The molecule has 0 aliphatic heterocycles. The van der Waals surface area contributed by atoms with Crippen LogP contribution in [-0.2, 0) is 9.59 Å². The van der Waals surface area contributed by atoms with E-state index >= 15 is 0 Å². The van der Waals surface area contributed by atoms with Gasteiger partial charge in [-0.1, -0.05) is 15.9 Å². The first-order chi connectivity index (χ1) is 12.5. The fraction of sp³-hybridized carbons (Fsp3) is 0.167. The first-order valence-electron chi connectivity index (χ1n) is 7.69. The molecule has 0 atom stereocenters. The molecule has 0 saturated heterocycles. The number of methoxy groups -OCH3 is 1. The van der Waals surface area contributed by atoms with E-state index in [1.54, 1.807) is 19.2 Å². The third-order valence-electron chi connectivity index (χ3n) is 3.29. The van der Waals surface area contributed by atoms with E-state index in [1.165, 1.54) is 30.5 Å². The van der Waals surface area contributed by atoms with Crippen LogP contribution >= 0.6 is 15.9 Å². The van der Waals surface area contributed by atoms with Gasteiger partial charge in [0.15, 0.2) is 0 Å². The quantitative estimate of drug-likeness (QED) is 0.530. The van der Waals surface area contributed by atoms with Crippen LogP contribution in [0.25, 0.3) is 0 Å². The van der Waals surface area contributed by atoms with Crippen molar-refractivity contribution in [1.82, 2.24) is 5.43 Å². The van der Waals surface area contributed by atoms with Gasteiger partial charge in [0.05, 0.1) is 13.3 Å². The fourth-order valence-electron chi connectivity index (χ4n) is 2.02. The Morgan fingerprint density at radius 3 is 2.54 bits per heavy atom. The molecule has 6 nitrogen and oxygen atoms in total. The highest BCUT2D eigenvalue weighted by atomic mass is 79.9. The maximum Gasteiger partial charge on any atom is 0.240 e. The summed E-state index contributed by atoms with van der Waals surface area (Å²) < 4.78 is 18.8. The zero-order valence-corrected chi connectivity index (χ0v) is 15.5. The van der Waals surface area contributed by atoms with Gasteiger partial charge in [0.1, 0.15) is 11.6 Å². The minimum atomic E-state index is -0.399. The number of hydrazone groups is 1. The number of nitrogens with zero attached hydrogens (tertiary/aromatic N) is 1. The van der Waals surface area contributed by atoms with Crippen molar-refractivity contribution in [1.29, 1.82) is 0 Å². The first kappa shape index (κ1) is 19.6. The van der Waals surface area contributed by atoms with Gasteiger partial charge < -0.3 is 10.1 Å². The van der Waals surface area contributed by atoms with Gasteiger partial charge in [0.2, 0.25) is 11.8 Å². The maximum atomic E-state index is 12.8. The minimum Gasteiger partial charge on any atom is -0.496 e. The standard InChI is InChI=1S/C18H17BrFN3O3/c1-26-16-7-2-13(19)10-12(16)11-21-23-18(25)9-8-17(24)22-15-5-3-14(20)4-6-15/h2-7,10-11H,8-9H2,1H3,(H,22,24)(H,23,25)/b21-11+. The number of amides is 2. The number of benzene rings is 2. The maximum absolute atomic E-state index is 12.8. The lowest BCUT2D eigenvalue weighted by atomic mass is 10.2. The SMILES string of the molecule is COc1ccc(Br)cc1/C=N/NC(=O)CCC(=O)Nc1ccc(F)cc1. The second kappa shape index (κ2) is 9.67. The van der Waals surface area contributed by atoms with Crippen molar-refractivity contribution in [3.63, 3.8) is 0 Å². The Morgan fingerprint density at radius 2 is 1.85 bits per heavy atom. The van der Waals surface area contributed by atoms with E-state index in [1.807, 2.05) is 6.07 Å². The molecule has 0 aromatic heterocycles. The minimum absolute atomic E-state index is 0.0149. The highest BCUT2D eigenvalue weighted by molar-refractivity contribution is 9.10. The van der Waals surface area contributed by atoms with Crippen molar-refractivity contribution in [2.24, 2.45) is 5.10 Å². The number of rotatable bonds is 7. The van der Waals surface area contributed by atoms with E-state index in [4.69, 9.17) is 4.74 Å². The lowest BCUT2D eigenvalue weighted by Crippen LogP contribution is -2.20. The Balaban J connectivity index is 1.79. The van der Waals surface area contributed by atoms with Crippen molar-refractivity contribution in [3.05, 3.63) is 58.3 Å². The zero-order chi connectivity index (χ0) is 18.9. The molecule has 0 spiro atoms. The van der Waals surface area contributed by atoms with Crippen LogP contribution in [0.5, 0.6) is 5.75 Å². The molecule has 2 aromatic rings. The lowest BCUT2D eigenvalue weighted by Gasteiger charge is -2.05. The first-order valence-corrected chi connectivity index (χ1v) is 8.48. The molecular formula is C18H17BrFN3O3. The average Bonchev–Trinajstić information content (AvgIpc) is 2.62. The Labute approximate surface area is 158 Å². The number of ether oxygens (including phenoxy) is 1. The topological polar surface area (TPSA) is 79.8 Å². The van der Waals surface area contributed by atoms with Gasteiger partial charge in [0, 0.05) is 28.6 Å². The highest BCUT2D eigenvalue weighted by Gasteiger charge is 2.07. The molecule has 0 fully saturated rings. The van der Waals surface area contributed by atoms with Crippen LogP contribution in [0.1, 0.15) is 18.4 Å². The molecule has 0 aliphatic carbocycles. The summed E-state index contributed by atoms with van der Waals surface area (Å²) in [5.74, 6) is -0.513. The van der Waals surface area contributed by atoms with Crippen molar-refractivity contribution < 1.29 is 18.7 Å². The average molecular weight is 422 g/mol. The predicted molar refractivity (Wildman–Crippen MR) is 101 cm³/mol. The third kappa shape index (κ3) is 6.29. The van der Waals surface area contributed by atoms with Gasteiger partial charge in [-0.3, -0.25) is 9.59 Å². The summed E-state index contributed by atoms with van der Waals surface area (Å²) in [6, 6.07) is 10.8.